The van der Waals surface area contributed by atoms with Gasteiger partial charge in [0.1, 0.15) is 11.9 Å². The van der Waals surface area contributed by atoms with Crippen LogP contribution in [0.15, 0.2) is 59.1 Å². The standard InChI is InChI=1S/C29H44N6O2/c1-5-8-23(19-26(31)10-7-3)21-33-15-11-24(12-16-33)29(37)34-17-13-27(14-18-34)35(22(4)36)28(32)25(20-30)9-6-2/h5-6,8-10,19,24,27H,7,11-18,21,31-32H2,1-4H3/b8-5-,9-6-,23-19+,26-10-,28-25-. The Balaban J connectivity index is 1.94. The van der Waals surface area contributed by atoms with Gasteiger partial charge in [-0.3, -0.25) is 19.4 Å². The van der Waals surface area contributed by atoms with Gasteiger partial charge in [0.2, 0.25) is 11.8 Å². The van der Waals surface area contributed by atoms with Gasteiger partial charge in [-0.25, -0.2) is 0 Å². The summed E-state index contributed by atoms with van der Waals surface area (Å²) >= 11 is 0. The first-order chi connectivity index (χ1) is 17.7. The lowest BCUT2D eigenvalue weighted by Gasteiger charge is -2.40. The van der Waals surface area contributed by atoms with Crippen LogP contribution < -0.4 is 11.5 Å². The molecule has 0 atom stereocenters. The molecule has 0 radical (unpaired) electrons. The summed E-state index contributed by atoms with van der Waals surface area (Å²) in [6.07, 6.45) is 15.4. The van der Waals surface area contributed by atoms with E-state index in [2.05, 4.69) is 24.0 Å². The lowest BCUT2D eigenvalue weighted by Crippen LogP contribution is -2.51. The molecule has 0 unspecified atom stereocenters. The van der Waals surface area contributed by atoms with Crippen LogP contribution in [0.2, 0.25) is 0 Å². The minimum atomic E-state index is -0.190. The summed E-state index contributed by atoms with van der Waals surface area (Å²) in [4.78, 5) is 31.5. The van der Waals surface area contributed by atoms with Gasteiger partial charge < -0.3 is 16.4 Å². The van der Waals surface area contributed by atoms with E-state index in [9.17, 15) is 14.9 Å². The molecule has 8 heteroatoms. The van der Waals surface area contributed by atoms with Crippen molar-refractivity contribution in [3.8, 4) is 6.07 Å². The highest BCUT2D eigenvalue weighted by Crippen LogP contribution is 2.25. The molecule has 4 N–H and O–H groups in total. The third kappa shape index (κ3) is 8.64. The van der Waals surface area contributed by atoms with Crippen LogP contribution in [0, 0.1) is 17.2 Å². The van der Waals surface area contributed by atoms with Crippen LogP contribution in [0.5, 0.6) is 0 Å². The minimum Gasteiger partial charge on any atom is -0.399 e. The fraction of sp³-hybridized carbons (Fsp3) is 0.552. The number of nitriles is 1. The minimum absolute atomic E-state index is 0.0285. The van der Waals surface area contributed by atoms with Gasteiger partial charge in [0.05, 0.1) is 5.57 Å². The van der Waals surface area contributed by atoms with E-state index >= 15 is 0 Å². The van der Waals surface area contributed by atoms with E-state index in [1.54, 1.807) is 19.1 Å². The van der Waals surface area contributed by atoms with E-state index in [-0.39, 0.29) is 35.2 Å². The lowest BCUT2D eigenvalue weighted by atomic mass is 9.93. The van der Waals surface area contributed by atoms with Crippen LogP contribution in [0.3, 0.4) is 0 Å². The maximum Gasteiger partial charge on any atom is 0.225 e. The molecule has 0 aromatic heterocycles. The van der Waals surface area contributed by atoms with Crippen molar-refractivity contribution >= 4 is 11.8 Å². The summed E-state index contributed by atoms with van der Waals surface area (Å²) in [5.41, 5.74) is 14.6. The Hall–Kier alpha value is -3.31. The van der Waals surface area contributed by atoms with Crippen LogP contribution in [0.4, 0.5) is 0 Å². The average molecular weight is 509 g/mol. The second-order valence-electron chi connectivity index (χ2n) is 9.74. The molecule has 2 saturated heterocycles. The number of piperidine rings is 2. The van der Waals surface area contributed by atoms with Crippen molar-refractivity contribution in [2.45, 2.75) is 65.8 Å². The predicted octanol–water partition coefficient (Wildman–Crippen LogP) is 3.56. The van der Waals surface area contributed by atoms with Crippen molar-refractivity contribution in [1.29, 1.82) is 5.26 Å². The molecule has 37 heavy (non-hydrogen) atoms. The number of nitrogens with zero attached hydrogens (tertiary/aromatic N) is 4. The molecule has 0 aromatic carbocycles. The molecule has 2 heterocycles. The Morgan fingerprint density at radius 2 is 1.65 bits per heavy atom. The number of carbonyl (C=O) groups is 2. The molecule has 8 nitrogen and oxygen atoms in total. The highest BCUT2D eigenvalue weighted by atomic mass is 16.2. The zero-order chi connectivity index (χ0) is 27.4. The molecule has 0 spiro atoms. The zero-order valence-electron chi connectivity index (χ0n) is 22.9. The third-order valence-corrected chi connectivity index (χ3v) is 6.99. The van der Waals surface area contributed by atoms with Gasteiger partial charge in [-0.1, -0.05) is 31.2 Å². The van der Waals surface area contributed by atoms with Crippen molar-refractivity contribution in [2.75, 3.05) is 32.7 Å². The number of hydrogen-bond acceptors (Lipinski definition) is 6. The third-order valence-electron chi connectivity index (χ3n) is 6.99. The fourth-order valence-corrected chi connectivity index (χ4v) is 5.17. The van der Waals surface area contributed by atoms with Gasteiger partial charge in [0.15, 0.2) is 0 Å². The predicted molar refractivity (Wildman–Crippen MR) is 148 cm³/mol. The highest BCUT2D eigenvalue weighted by Gasteiger charge is 2.34. The summed E-state index contributed by atoms with van der Waals surface area (Å²) in [6, 6.07) is 1.95. The van der Waals surface area contributed by atoms with Gasteiger partial charge in [-0.05, 0) is 76.8 Å². The van der Waals surface area contributed by atoms with E-state index in [4.69, 9.17) is 11.5 Å². The molecule has 2 aliphatic heterocycles. The average Bonchev–Trinajstić information content (AvgIpc) is 2.87. The monoisotopic (exact) mass is 508 g/mol. The number of amides is 2. The fourth-order valence-electron chi connectivity index (χ4n) is 5.17. The zero-order valence-corrected chi connectivity index (χ0v) is 22.9. The Kier molecular flexibility index (Phi) is 12.2. The van der Waals surface area contributed by atoms with Crippen LogP contribution in [-0.2, 0) is 9.59 Å². The molecule has 0 aliphatic carbocycles. The first-order valence-corrected chi connectivity index (χ1v) is 13.4. The topological polar surface area (TPSA) is 120 Å². The Morgan fingerprint density at radius 3 is 2.16 bits per heavy atom. The Bertz CT molecular complexity index is 984. The van der Waals surface area contributed by atoms with Crippen LogP contribution in [-0.4, -0.2) is 65.3 Å². The van der Waals surface area contributed by atoms with Crippen molar-refractivity contribution in [3.05, 3.63) is 59.1 Å². The normalized spacial score (nSPS) is 19.8. The van der Waals surface area contributed by atoms with Gasteiger partial charge >= 0.3 is 0 Å². The molecule has 0 saturated carbocycles. The second kappa shape index (κ2) is 15.1. The highest BCUT2D eigenvalue weighted by molar-refractivity contribution is 5.79. The Morgan fingerprint density at radius 1 is 1.03 bits per heavy atom. The molecule has 2 rings (SSSR count). The number of nitrogens with two attached hydrogens (primary N) is 2. The number of carbonyl (C=O) groups excluding carboxylic acids is 2. The SMILES string of the molecule is C/C=C\C(C#N)=C(/N)N(C(C)=O)C1CCN(C(=O)C2CCN(CC(/C=C\C)=C/C(N)=C/CC)CC2)CC1. The molecular weight excluding hydrogens is 464 g/mol. The van der Waals surface area contributed by atoms with Gasteiger partial charge in [0, 0.05) is 44.2 Å². The van der Waals surface area contributed by atoms with Gasteiger partial charge in [-0.15, -0.1) is 0 Å². The summed E-state index contributed by atoms with van der Waals surface area (Å²) < 4.78 is 0. The molecule has 0 aromatic rings. The number of allylic oxidation sites excluding steroid dienone is 6. The van der Waals surface area contributed by atoms with Crippen molar-refractivity contribution in [2.24, 2.45) is 17.4 Å². The van der Waals surface area contributed by atoms with Crippen LogP contribution >= 0.6 is 0 Å². The van der Waals surface area contributed by atoms with Gasteiger partial charge in [0.25, 0.3) is 0 Å². The second-order valence-corrected chi connectivity index (χ2v) is 9.74. The number of likely N-dealkylation sites (tertiary alicyclic amines) is 2. The van der Waals surface area contributed by atoms with E-state index < -0.39 is 0 Å². The molecule has 2 fully saturated rings. The van der Waals surface area contributed by atoms with Crippen LogP contribution in [0.25, 0.3) is 0 Å². The van der Waals surface area contributed by atoms with E-state index in [0.717, 1.165) is 44.6 Å². The summed E-state index contributed by atoms with van der Waals surface area (Å²) in [5, 5.41) is 9.42. The van der Waals surface area contributed by atoms with Gasteiger partial charge in [-0.2, -0.15) is 5.26 Å². The molecule has 2 aliphatic rings. The van der Waals surface area contributed by atoms with E-state index in [0.29, 0.717) is 25.9 Å². The first kappa shape index (κ1) is 29.9. The maximum absolute atomic E-state index is 13.3. The summed E-state index contributed by atoms with van der Waals surface area (Å²) in [7, 11) is 0. The van der Waals surface area contributed by atoms with Crippen molar-refractivity contribution in [3.63, 3.8) is 0 Å². The van der Waals surface area contributed by atoms with Crippen molar-refractivity contribution < 1.29 is 9.59 Å². The largest absolute Gasteiger partial charge is 0.399 e. The molecule has 0 bridgehead atoms. The lowest BCUT2D eigenvalue weighted by molar-refractivity contribution is -0.139. The van der Waals surface area contributed by atoms with Crippen molar-refractivity contribution in [1.82, 2.24) is 14.7 Å². The smallest absolute Gasteiger partial charge is 0.225 e. The first-order valence-electron chi connectivity index (χ1n) is 13.4. The molecule has 2 amide bonds. The number of rotatable bonds is 9. The van der Waals surface area contributed by atoms with E-state index in [1.807, 2.05) is 30.1 Å². The summed E-state index contributed by atoms with van der Waals surface area (Å²) in [5.74, 6) is 0.233. The summed E-state index contributed by atoms with van der Waals surface area (Å²) in [6.45, 7) is 11.1. The molecular formula is C29H44N6O2. The van der Waals surface area contributed by atoms with Crippen LogP contribution in [0.1, 0.15) is 59.8 Å². The maximum atomic E-state index is 13.3. The molecule has 202 valence electrons. The quantitative estimate of drug-likeness (QED) is 0.363. The van der Waals surface area contributed by atoms with E-state index in [1.165, 1.54) is 17.4 Å². The Labute approximate surface area is 222 Å². The number of hydrogen-bond donors (Lipinski definition) is 2.